The lowest BCUT2D eigenvalue weighted by atomic mass is 10.2. The van der Waals surface area contributed by atoms with Crippen LogP contribution < -0.4 is 5.32 Å². The summed E-state index contributed by atoms with van der Waals surface area (Å²) >= 11 is 0. The second-order valence-electron chi connectivity index (χ2n) is 6.10. The van der Waals surface area contributed by atoms with Crippen molar-refractivity contribution in [3.05, 3.63) is 35.9 Å². The van der Waals surface area contributed by atoms with E-state index in [1.54, 1.807) is 26.0 Å². The molecule has 0 bridgehead atoms. The second kappa shape index (κ2) is 8.95. The topological polar surface area (TPSA) is 92.8 Å². The fraction of sp³-hybridized carbons (Fsp3) is 0.444. The number of esters is 1. The molecule has 142 valence electrons. The molecule has 1 aromatic rings. The fourth-order valence-electron chi connectivity index (χ4n) is 2.66. The van der Waals surface area contributed by atoms with Crippen molar-refractivity contribution in [2.45, 2.75) is 38.0 Å². The third-order valence-corrected chi connectivity index (χ3v) is 5.98. The Morgan fingerprint density at radius 3 is 2.58 bits per heavy atom. The Morgan fingerprint density at radius 1 is 1.23 bits per heavy atom. The highest BCUT2D eigenvalue weighted by atomic mass is 32.2. The van der Waals surface area contributed by atoms with E-state index in [4.69, 9.17) is 4.74 Å². The molecule has 1 aliphatic heterocycles. The zero-order chi connectivity index (χ0) is 19.2. The SMILES string of the molecule is C/C=C/C(=O)OCC(=O)Nc1cc(S(=O)(=O)N2CCCCC2)ccc1C. The average molecular weight is 380 g/mol. The third kappa shape index (κ3) is 5.15. The van der Waals surface area contributed by atoms with Gasteiger partial charge in [0.2, 0.25) is 10.0 Å². The number of amides is 1. The highest BCUT2D eigenvalue weighted by Gasteiger charge is 2.26. The summed E-state index contributed by atoms with van der Waals surface area (Å²) in [7, 11) is -3.58. The number of rotatable bonds is 6. The number of nitrogens with zero attached hydrogens (tertiary/aromatic N) is 1. The van der Waals surface area contributed by atoms with E-state index in [0.29, 0.717) is 18.8 Å². The van der Waals surface area contributed by atoms with Crippen LogP contribution in [0.25, 0.3) is 0 Å². The van der Waals surface area contributed by atoms with Gasteiger partial charge in [0, 0.05) is 24.9 Å². The van der Waals surface area contributed by atoms with Crippen molar-refractivity contribution in [3.63, 3.8) is 0 Å². The lowest BCUT2D eigenvalue weighted by molar-refractivity contribution is -0.142. The molecule has 1 fully saturated rings. The summed E-state index contributed by atoms with van der Waals surface area (Å²) in [5, 5.41) is 2.60. The van der Waals surface area contributed by atoms with E-state index >= 15 is 0 Å². The molecule has 0 aliphatic carbocycles. The molecule has 1 heterocycles. The quantitative estimate of drug-likeness (QED) is 0.603. The van der Waals surface area contributed by atoms with Crippen LogP contribution in [0, 0.1) is 6.92 Å². The Bertz CT molecular complexity index is 796. The number of sulfonamides is 1. The molecule has 26 heavy (non-hydrogen) atoms. The summed E-state index contributed by atoms with van der Waals surface area (Å²) in [6.45, 7) is 4.01. The number of anilines is 1. The average Bonchev–Trinajstić information content (AvgIpc) is 2.62. The normalized spacial score (nSPS) is 15.8. The molecular formula is C18H24N2O5S. The minimum atomic E-state index is -3.58. The predicted octanol–water partition coefficient (Wildman–Crippen LogP) is 2.23. The van der Waals surface area contributed by atoms with E-state index in [0.717, 1.165) is 24.8 Å². The number of allylic oxidation sites excluding steroid dienone is 1. The van der Waals surface area contributed by atoms with Crippen LogP contribution in [0.4, 0.5) is 5.69 Å². The maximum absolute atomic E-state index is 12.8. The van der Waals surface area contributed by atoms with Crippen molar-refractivity contribution in [2.24, 2.45) is 0 Å². The predicted molar refractivity (Wildman–Crippen MR) is 98.2 cm³/mol. The molecule has 0 unspecified atom stereocenters. The first-order valence-electron chi connectivity index (χ1n) is 8.54. The monoisotopic (exact) mass is 380 g/mol. The van der Waals surface area contributed by atoms with E-state index in [9.17, 15) is 18.0 Å². The number of benzene rings is 1. The first kappa shape index (κ1) is 20.1. The van der Waals surface area contributed by atoms with E-state index in [-0.39, 0.29) is 4.90 Å². The minimum Gasteiger partial charge on any atom is -0.452 e. The number of aryl methyl sites for hydroxylation is 1. The van der Waals surface area contributed by atoms with Crippen LogP contribution in [-0.4, -0.2) is 44.3 Å². The lowest BCUT2D eigenvalue weighted by Gasteiger charge is -2.26. The zero-order valence-corrected chi connectivity index (χ0v) is 15.8. The molecule has 1 saturated heterocycles. The molecule has 0 spiro atoms. The number of hydrogen-bond acceptors (Lipinski definition) is 5. The van der Waals surface area contributed by atoms with Crippen LogP contribution in [0.3, 0.4) is 0 Å². The molecule has 0 aromatic heterocycles. The van der Waals surface area contributed by atoms with Crippen LogP contribution in [0.2, 0.25) is 0 Å². The smallest absolute Gasteiger partial charge is 0.330 e. The third-order valence-electron chi connectivity index (χ3n) is 4.08. The zero-order valence-electron chi connectivity index (χ0n) is 15.0. The molecule has 0 atom stereocenters. The number of ether oxygens (including phenoxy) is 1. The van der Waals surface area contributed by atoms with Gasteiger partial charge in [0.1, 0.15) is 0 Å². The molecule has 1 aliphatic rings. The second-order valence-corrected chi connectivity index (χ2v) is 8.04. The van der Waals surface area contributed by atoms with Crippen LogP contribution in [0.1, 0.15) is 31.7 Å². The van der Waals surface area contributed by atoms with Crippen LogP contribution >= 0.6 is 0 Å². The Kier molecular flexibility index (Phi) is 6.93. The first-order chi connectivity index (χ1) is 12.3. The largest absolute Gasteiger partial charge is 0.452 e. The van der Waals surface area contributed by atoms with Crippen molar-refractivity contribution >= 4 is 27.6 Å². The number of carbonyl (C=O) groups is 2. The number of nitrogens with one attached hydrogen (secondary N) is 1. The van der Waals surface area contributed by atoms with Gasteiger partial charge in [-0.1, -0.05) is 18.6 Å². The van der Waals surface area contributed by atoms with Crippen LogP contribution in [-0.2, 0) is 24.3 Å². The molecule has 8 heteroatoms. The Hall–Kier alpha value is -2.19. The van der Waals surface area contributed by atoms with E-state index in [2.05, 4.69) is 5.32 Å². The van der Waals surface area contributed by atoms with E-state index in [1.165, 1.54) is 22.5 Å². The lowest BCUT2D eigenvalue weighted by Crippen LogP contribution is -2.35. The maximum Gasteiger partial charge on any atom is 0.330 e. The summed E-state index contributed by atoms with van der Waals surface area (Å²) in [4.78, 5) is 23.4. The summed E-state index contributed by atoms with van der Waals surface area (Å²) in [6, 6.07) is 4.64. The van der Waals surface area contributed by atoms with Gasteiger partial charge in [-0.05, 0) is 44.4 Å². The summed E-state index contributed by atoms with van der Waals surface area (Å²) in [5.41, 5.74) is 1.10. The van der Waals surface area contributed by atoms with Crippen LogP contribution in [0.15, 0.2) is 35.2 Å². The number of piperidine rings is 1. The molecule has 1 aromatic carbocycles. The minimum absolute atomic E-state index is 0.145. The van der Waals surface area contributed by atoms with E-state index in [1.807, 2.05) is 0 Å². The molecule has 2 rings (SSSR count). The van der Waals surface area contributed by atoms with Gasteiger partial charge in [-0.3, -0.25) is 4.79 Å². The summed E-state index contributed by atoms with van der Waals surface area (Å²) in [5.74, 6) is -1.14. The maximum atomic E-state index is 12.8. The Morgan fingerprint density at radius 2 is 1.92 bits per heavy atom. The Balaban J connectivity index is 2.11. The molecule has 7 nitrogen and oxygen atoms in total. The number of hydrogen-bond donors (Lipinski definition) is 1. The van der Waals surface area contributed by atoms with Crippen LogP contribution in [0.5, 0.6) is 0 Å². The summed E-state index contributed by atoms with van der Waals surface area (Å²) < 4.78 is 31.8. The van der Waals surface area contributed by atoms with Gasteiger partial charge in [0.25, 0.3) is 5.91 Å². The van der Waals surface area contributed by atoms with Gasteiger partial charge >= 0.3 is 5.97 Å². The van der Waals surface area contributed by atoms with Gasteiger partial charge in [-0.2, -0.15) is 4.31 Å². The van der Waals surface area contributed by atoms with Crippen molar-refractivity contribution in [3.8, 4) is 0 Å². The standard InChI is InChI=1S/C18H24N2O5S/c1-3-7-18(22)25-13-17(21)19-16-12-15(9-8-14(16)2)26(23,24)20-10-5-4-6-11-20/h3,7-9,12H,4-6,10-11,13H2,1-2H3,(H,19,21)/b7-3+. The van der Waals surface area contributed by atoms with Gasteiger partial charge in [0.15, 0.2) is 6.61 Å². The van der Waals surface area contributed by atoms with Gasteiger partial charge in [0.05, 0.1) is 4.90 Å². The van der Waals surface area contributed by atoms with Crippen molar-refractivity contribution < 1.29 is 22.7 Å². The van der Waals surface area contributed by atoms with Gasteiger partial charge in [-0.15, -0.1) is 0 Å². The molecule has 1 amide bonds. The van der Waals surface area contributed by atoms with Crippen molar-refractivity contribution in [1.29, 1.82) is 0 Å². The molecule has 0 saturated carbocycles. The highest BCUT2D eigenvalue weighted by molar-refractivity contribution is 7.89. The summed E-state index contributed by atoms with van der Waals surface area (Å²) in [6.07, 6.45) is 5.47. The molecule has 0 radical (unpaired) electrons. The van der Waals surface area contributed by atoms with Gasteiger partial charge in [-0.25, -0.2) is 13.2 Å². The number of carbonyl (C=O) groups excluding carboxylic acids is 2. The van der Waals surface area contributed by atoms with Crippen molar-refractivity contribution in [1.82, 2.24) is 4.31 Å². The highest BCUT2D eigenvalue weighted by Crippen LogP contribution is 2.25. The molecule has 1 N–H and O–H groups in total. The Labute approximate surface area is 154 Å². The molecular weight excluding hydrogens is 356 g/mol. The first-order valence-corrected chi connectivity index (χ1v) is 9.98. The van der Waals surface area contributed by atoms with Gasteiger partial charge < -0.3 is 10.1 Å². The van der Waals surface area contributed by atoms with Crippen molar-refractivity contribution in [2.75, 3.05) is 25.0 Å². The fourth-order valence-corrected chi connectivity index (χ4v) is 4.20. The van der Waals surface area contributed by atoms with E-state index < -0.39 is 28.5 Å².